The fraction of sp³-hybridized carbons (Fsp3) is 0.192. The molecular formula is C26H19F5O4. The van der Waals surface area contributed by atoms with Crippen molar-refractivity contribution in [1.82, 2.24) is 0 Å². The first kappa shape index (κ1) is 24.3. The lowest BCUT2D eigenvalue weighted by Crippen LogP contribution is -2.06. The Morgan fingerprint density at radius 1 is 0.714 bits per heavy atom. The van der Waals surface area contributed by atoms with Crippen molar-refractivity contribution in [3.63, 3.8) is 0 Å². The summed E-state index contributed by atoms with van der Waals surface area (Å²) in [5.74, 6) is -7.47. The molecule has 0 fully saturated rings. The van der Waals surface area contributed by atoms with Crippen LogP contribution >= 0.6 is 0 Å². The van der Waals surface area contributed by atoms with Gasteiger partial charge in [-0.25, -0.2) is 22.4 Å². The lowest BCUT2D eigenvalue weighted by Gasteiger charge is -2.12. The summed E-state index contributed by atoms with van der Waals surface area (Å²) in [5, 5.41) is -0.312. The first-order valence-corrected chi connectivity index (χ1v) is 10.8. The maximum atomic E-state index is 15.0. The molecule has 0 atom stereocenters. The average Bonchev–Trinajstić information content (AvgIpc) is 2.83. The lowest BCUT2D eigenvalue weighted by molar-refractivity contribution is 0.302. The fourth-order valence-corrected chi connectivity index (χ4v) is 3.63. The smallest absolute Gasteiger partial charge is 0.347 e. The molecule has 0 N–H and O–H groups in total. The monoisotopic (exact) mass is 490 g/mol. The third kappa shape index (κ3) is 4.34. The van der Waals surface area contributed by atoms with Crippen LogP contribution in [0.15, 0.2) is 51.7 Å². The Morgan fingerprint density at radius 2 is 1.29 bits per heavy atom. The minimum absolute atomic E-state index is 0.0844. The van der Waals surface area contributed by atoms with Crippen molar-refractivity contribution in [3.05, 3.63) is 82.0 Å². The molecule has 1 aromatic heterocycles. The van der Waals surface area contributed by atoms with Crippen LogP contribution in [-0.4, -0.2) is 13.2 Å². The molecule has 1 heterocycles. The number of ether oxygens (including phenoxy) is 2. The van der Waals surface area contributed by atoms with Gasteiger partial charge in [-0.2, -0.15) is 4.39 Å². The van der Waals surface area contributed by atoms with E-state index in [4.69, 9.17) is 13.9 Å². The van der Waals surface area contributed by atoms with Crippen LogP contribution in [0, 0.1) is 29.1 Å². The van der Waals surface area contributed by atoms with E-state index >= 15 is 4.39 Å². The van der Waals surface area contributed by atoms with Gasteiger partial charge in [-0.15, -0.1) is 0 Å². The summed E-state index contributed by atoms with van der Waals surface area (Å²) < 4.78 is 88.7. The van der Waals surface area contributed by atoms with Crippen LogP contribution in [0.25, 0.3) is 33.2 Å². The summed E-state index contributed by atoms with van der Waals surface area (Å²) in [7, 11) is 0. The number of halogens is 5. The van der Waals surface area contributed by atoms with Gasteiger partial charge in [-0.05, 0) is 49.1 Å². The van der Waals surface area contributed by atoms with E-state index in [0.29, 0.717) is 6.42 Å². The van der Waals surface area contributed by atoms with Crippen molar-refractivity contribution in [2.75, 3.05) is 13.2 Å². The van der Waals surface area contributed by atoms with E-state index in [1.54, 1.807) is 6.92 Å². The standard InChI is InChI=1S/C26H19F5O4/c1-3-11-34-17-9-5-13-12-19(35-26(32)20(13)24(17)30)16-7-6-14(21(27)23(16)29)15-8-10-18(33-4-2)25(31)22(15)28/h5-10,12H,3-4,11H2,1-2H3. The predicted octanol–water partition coefficient (Wildman–Crippen LogP) is 7.01. The van der Waals surface area contributed by atoms with Gasteiger partial charge < -0.3 is 13.9 Å². The largest absolute Gasteiger partial charge is 0.491 e. The second-order valence-corrected chi connectivity index (χ2v) is 7.55. The third-order valence-corrected chi connectivity index (χ3v) is 5.28. The van der Waals surface area contributed by atoms with Gasteiger partial charge in [0.2, 0.25) is 5.82 Å². The van der Waals surface area contributed by atoms with Crippen molar-refractivity contribution in [2.45, 2.75) is 20.3 Å². The SMILES string of the molecule is CCCOc1ccc2cc(-c3ccc(-c4ccc(OCC)c(F)c4F)c(F)c3F)oc(=O)c2c1F. The Balaban J connectivity index is 1.80. The summed E-state index contributed by atoms with van der Waals surface area (Å²) >= 11 is 0. The van der Waals surface area contributed by atoms with Crippen LogP contribution < -0.4 is 15.1 Å². The molecule has 182 valence electrons. The quantitative estimate of drug-likeness (QED) is 0.262. The van der Waals surface area contributed by atoms with Crippen molar-refractivity contribution >= 4 is 10.8 Å². The fourth-order valence-electron chi connectivity index (χ4n) is 3.63. The van der Waals surface area contributed by atoms with Gasteiger partial charge >= 0.3 is 5.63 Å². The topological polar surface area (TPSA) is 48.7 Å². The van der Waals surface area contributed by atoms with Crippen molar-refractivity contribution in [2.24, 2.45) is 0 Å². The first-order valence-electron chi connectivity index (χ1n) is 10.8. The highest BCUT2D eigenvalue weighted by molar-refractivity contribution is 5.86. The van der Waals surface area contributed by atoms with Crippen LogP contribution in [0.1, 0.15) is 20.3 Å². The predicted molar refractivity (Wildman–Crippen MR) is 120 cm³/mol. The van der Waals surface area contributed by atoms with Gasteiger partial charge in [0.15, 0.2) is 34.8 Å². The molecule has 3 aromatic carbocycles. The van der Waals surface area contributed by atoms with Gasteiger partial charge in [0.25, 0.3) is 0 Å². The van der Waals surface area contributed by atoms with Gasteiger partial charge in [-0.1, -0.05) is 19.1 Å². The molecule has 0 amide bonds. The summed E-state index contributed by atoms with van der Waals surface area (Å²) in [6, 6.07) is 8.15. The second-order valence-electron chi connectivity index (χ2n) is 7.55. The molecule has 0 aliphatic carbocycles. The van der Waals surface area contributed by atoms with Gasteiger partial charge in [0, 0.05) is 11.1 Å². The molecule has 4 rings (SSSR count). The van der Waals surface area contributed by atoms with Crippen LogP contribution in [-0.2, 0) is 0 Å². The average molecular weight is 490 g/mol. The summed E-state index contributed by atoms with van der Waals surface area (Å²) in [5.41, 5.74) is -2.63. The number of rotatable bonds is 7. The van der Waals surface area contributed by atoms with E-state index in [9.17, 15) is 22.4 Å². The molecule has 0 saturated carbocycles. The molecule has 0 radical (unpaired) electrons. The highest BCUT2D eigenvalue weighted by Gasteiger charge is 2.23. The Hall–Kier alpha value is -3.88. The lowest BCUT2D eigenvalue weighted by atomic mass is 10.00. The van der Waals surface area contributed by atoms with E-state index in [1.807, 2.05) is 6.92 Å². The van der Waals surface area contributed by atoms with E-state index in [-0.39, 0.29) is 35.9 Å². The van der Waals surface area contributed by atoms with E-state index < -0.39 is 56.8 Å². The van der Waals surface area contributed by atoms with Crippen molar-refractivity contribution < 1.29 is 35.8 Å². The van der Waals surface area contributed by atoms with Crippen LogP contribution in [0.2, 0.25) is 0 Å². The maximum Gasteiger partial charge on any atom is 0.347 e. The highest BCUT2D eigenvalue weighted by Crippen LogP contribution is 2.36. The van der Waals surface area contributed by atoms with Gasteiger partial charge in [-0.3, -0.25) is 0 Å². The summed E-state index contributed by atoms with van der Waals surface area (Å²) in [4.78, 5) is 12.5. The number of hydrogen-bond acceptors (Lipinski definition) is 4. The Bertz CT molecular complexity index is 1480. The molecule has 9 heteroatoms. The van der Waals surface area contributed by atoms with Gasteiger partial charge in [0.1, 0.15) is 11.1 Å². The zero-order valence-electron chi connectivity index (χ0n) is 18.7. The minimum atomic E-state index is -1.48. The third-order valence-electron chi connectivity index (χ3n) is 5.28. The molecular weight excluding hydrogens is 471 g/mol. The van der Waals surface area contributed by atoms with Crippen molar-refractivity contribution in [3.8, 4) is 33.9 Å². The Kier molecular flexibility index (Phi) is 6.77. The minimum Gasteiger partial charge on any atom is -0.491 e. The van der Waals surface area contributed by atoms with Crippen molar-refractivity contribution in [1.29, 1.82) is 0 Å². The van der Waals surface area contributed by atoms with E-state index in [0.717, 1.165) is 24.3 Å². The van der Waals surface area contributed by atoms with Crippen LogP contribution in [0.3, 0.4) is 0 Å². The molecule has 0 aliphatic heterocycles. The molecule has 0 spiro atoms. The van der Waals surface area contributed by atoms with E-state index in [2.05, 4.69) is 0 Å². The molecule has 35 heavy (non-hydrogen) atoms. The van der Waals surface area contributed by atoms with Crippen LogP contribution in [0.4, 0.5) is 22.0 Å². The first-order chi connectivity index (χ1) is 16.8. The van der Waals surface area contributed by atoms with Crippen LogP contribution in [0.5, 0.6) is 11.5 Å². The van der Waals surface area contributed by atoms with Gasteiger partial charge in [0.05, 0.1) is 18.8 Å². The zero-order chi connectivity index (χ0) is 25.3. The number of benzene rings is 3. The highest BCUT2D eigenvalue weighted by atomic mass is 19.2. The maximum absolute atomic E-state index is 15.0. The molecule has 0 bridgehead atoms. The molecule has 0 aliphatic rings. The number of hydrogen-bond donors (Lipinski definition) is 0. The molecule has 0 saturated heterocycles. The molecule has 0 unspecified atom stereocenters. The summed E-state index contributed by atoms with van der Waals surface area (Å²) in [6.45, 7) is 3.74. The summed E-state index contributed by atoms with van der Waals surface area (Å²) in [6.07, 6.45) is 0.624. The molecule has 4 nitrogen and oxygen atoms in total. The van der Waals surface area contributed by atoms with E-state index in [1.165, 1.54) is 18.2 Å². The number of fused-ring (bicyclic) bond motifs is 1. The normalized spacial score (nSPS) is 11.2. The molecule has 4 aromatic rings. The Morgan fingerprint density at radius 3 is 1.97 bits per heavy atom. The Labute approximate surface area is 196 Å². The second kappa shape index (κ2) is 9.77. The zero-order valence-corrected chi connectivity index (χ0v) is 18.7.